The van der Waals surface area contributed by atoms with Crippen LogP contribution in [-0.4, -0.2) is 66.5 Å². The first-order chi connectivity index (χ1) is 15.8. The van der Waals surface area contributed by atoms with Gasteiger partial charge >= 0.3 is 0 Å². The van der Waals surface area contributed by atoms with E-state index in [-0.39, 0.29) is 10.8 Å². The van der Waals surface area contributed by atoms with Gasteiger partial charge in [0.1, 0.15) is 0 Å². The minimum Gasteiger partial charge on any atom is -0.339 e. The van der Waals surface area contributed by atoms with E-state index in [1.807, 2.05) is 31.2 Å². The van der Waals surface area contributed by atoms with Gasteiger partial charge in [-0.1, -0.05) is 47.6 Å². The zero-order valence-electron chi connectivity index (χ0n) is 18.6. The van der Waals surface area contributed by atoms with E-state index >= 15 is 0 Å². The molecule has 0 radical (unpaired) electrons. The molecule has 0 aliphatic carbocycles. The van der Waals surface area contributed by atoms with Crippen molar-refractivity contribution < 1.29 is 17.7 Å². The van der Waals surface area contributed by atoms with Gasteiger partial charge in [-0.15, -0.1) is 0 Å². The van der Waals surface area contributed by atoms with Crippen LogP contribution in [0, 0.1) is 6.92 Å². The Labute approximate surface area is 193 Å². The first-order valence-corrected chi connectivity index (χ1v) is 12.3. The van der Waals surface area contributed by atoms with Crippen molar-refractivity contribution in [2.45, 2.75) is 31.3 Å². The van der Waals surface area contributed by atoms with Crippen LogP contribution in [0.2, 0.25) is 0 Å². The van der Waals surface area contributed by atoms with Crippen LogP contribution in [0.4, 0.5) is 0 Å². The lowest BCUT2D eigenvalue weighted by molar-refractivity contribution is -0.134. The van der Waals surface area contributed by atoms with Crippen molar-refractivity contribution in [3.63, 3.8) is 0 Å². The van der Waals surface area contributed by atoms with E-state index in [4.69, 9.17) is 4.52 Å². The SMILES string of the molecule is Cc1ccccc1-c1noc(CN2CCN(C(=O)[C@H](C)NS(=O)(=O)c3ccccc3)CC2)n1. The van der Waals surface area contributed by atoms with Crippen LogP contribution in [0.25, 0.3) is 11.4 Å². The lowest BCUT2D eigenvalue weighted by Crippen LogP contribution is -2.53. The second-order valence-corrected chi connectivity index (χ2v) is 9.80. The first kappa shape index (κ1) is 23.1. The van der Waals surface area contributed by atoms with E-state index in [0.29, 0.717) is 44.4 Å². The van der Waals surface area contributed by atoms with Crippen molar-refractivity contribution in [1.82, 2.24) is 24.7 Å². The summed E-state index contributed by atoms with van der Waals surface area (Å²) < 4.78 is 32.9. The van der Waals surface area contributed by atoms with E-state index in [2.05, 4.69) is 19.8 Å². The van der Waals surface area contributed by atoms with Crippen LogP contribution in [0.15, 0.2) is 64.0 Å². The van der Waals surface area contributed by atoms with Crippen molar-refractivity contribution in [3.8, 4) is 11.4 Å². The monoisotopic (exact) mass is 469 g/mol. The molecule has 1 N–H and O–H groups in total. The minimum absolute atomic E-state index is 0.138. The summed E-state index contributed by atoms with van der Waals surface area (Å²) in [6, 6.07) is 15.1. The molecule has 1 atom stereocenters. The molecule has 1 fully saturated rings. The Balaban J connectivity index is 1.30. The molecule has 3 aromatic rings. The molecule has 4 rings (SSSR count). The summed E-state index contributed by atoms with van der Waals surface area (Å²) >= 11 is 0. The molecule has 1 amide bonds. The summed E-state index contributed by atoms with van der Waals surface area (Å²) in [4.78, 5) is 21.3. The quantitative estimate of drug-likeness (QED) is 0.564. The standard InChI is InChI=1S/C23H27N5O4S/c1-17-8-6-7-11-20(17)22-24-21(32-25-22)16-27-12-14-28(15-13-27)23(29)18(2)26-33(30,31)19-9-4-3-5-10-19/h3-11,18,26H,12-16H2,1-2H3/t18-/m0/s1. The van der Waals surface area contributed by atoms with Crippen molar-refractivity contribution in [2.75, 3.05) is 26.2 Å². The predicted octanol–water partition coefficient (Wildman–Crippen LogP) is 2.06. The molecule has 0 spiro atoms. The lowest BCUT2D eigenvalue weighted by atomic mass is 10.1. The summed E-state index contributed by atoms with van der Waals surface area (Å²) in [5, 5.41) is 4.10. The number of carbonyl (C=O) groups excluding carboxylic acids is 1. The van der Waals surface area contributed by atoms with Gasteiger partial charge < -0.3 is 9.42 Å². The van der Waals surface area contributed by atoms with E-state index in [1.165, 1.54) is 12.1 Å². The second-order valence-electron chi connectivity index (χ2n) is 8.08. The first-order valence-electron chi connectivity index (χ1n) is 10.8. The number of nitrogens with zero attached hydrogens (tertiary/aromatic N) is 4. The number of hydrogen-bond acceptors (Lipinski definition) is 7. The highest BCUT2D eigenvalue weighted by atomic mass is 32.2. The maximum Gasteiger partial charge on any atom is 0.241 e. The van der Waals surface area contributed by atoms with Gasteiger partial charge in [0.05, 0.1) is 17.5 Å². The zero-order chi connectivity index (χ0) is 23.4. The highest BCUT2D eigenvalue weighted by Crippen LogP contribution is 2.20. The minimum atomic E-state index is -3.75. The Bertz CT molecular complexity index is 1200. The predicted molar refractivity (Wildman–Crippen MR) is 123 cm³/mol. The number of aryl methyl sites for hydroxylation is 1. The summed E-state index contributed by atoms with van der Waals surface area (Å²) in [7, 11) is -3.75. The van der Waals surface area contributed by atoms with Crippen molar-refractivity contribution in [2.24, 2.45) is 0 Å². The largest absolute Gasteiger partial charge is 0.339 e. The van der Waals surface area contributed by atoms with Gasteiger partial charge in [-0.3, -0.25) is 9.69 Å². The third-order valence-corrected chi connectivity index (χ3v) is 7.21. The van der Waals surface area contributed by atoms with E-state index in [1.54, 1.807) is 30.0 Å². The van der Waals surface area contributed by atoms with Gasteiger partial charge in [0.15, 0.2) is 0 Å². The number of hydrogen-bond donors (Lipinski definition) is 1. The number of benzene rings is 2. The Hall–Kier alpha value is -3.08. The number of piperazine rings is 1. The van der Waals surface area contributed by atoms with Crippen LogP contribution >= 0.6 is 0 Å². The molecule has 1 aliphatic heterocycles. The lowest BCUT2D eigenvalue weighted by Gasteiger charge is -2.35. The van der Waals surface area contributed by atoms with E-state index in [9.17, 15) is 13.2 Å². The van der Waals surface area contributed by atoms with Gasteiger partial charge in [-0.25, -0.2) is 8.42 Å². The zero-order valence-corrected chi connectivity index (χ0v) is 19.5. The molecule has 0 unspecified atom stereocenters. The molecule has 33 heavy (non-hydrogen) atoms. The van der Waals surface area contributed by atoms with Gasteiger partial charge in [0.25, 0.3) is 0 Å². The normalized spacial score (nSPS) is 16.0. The fraction of sp³-hybridized carbons (Fsp3) is 0.348. The molecule has 1 aliphatic rings. The molecular formula is C23H27N5O4S. The van der Waals surface area contributed by atoms with Crippen LogP contribution in [0.3, 0.4) is 0 Å². The number of nitrogens with one attached hydrogen (secondary N) is 1. The second kappa shape index (κ2) is 9.82. The Kier molecular flexibility index (Phi) is 6.87. The summed E-state index contributed by atoms with van der Waals surface area (Å²) in [5.74, 6) is 0.849. The third-order valence-electron chi connectivity index (χ3n) is 5.65. The van der Waals surface area contributed by atoms with Crippen LogP contribution in [0.1, 0.15) is 18.4 Å². The Morgan fingerprint density at radius 2 is 1.73 bits per heavy atom. The molecule has 0 bridgehead atoms. The average Bonchev–Trinajstić information content (AvgIpc) is 3.28. The molecule has 2 aromatic carbocycles. The average molecular weight is 470 g/mol. The van der Waals surface area contributed by atoms with E-state index in [0.717, 1.165) is 11.1 Å². The Morgan fingerprint density at radius 3 is 2.42 bits per heavy atom. The van der Waals surface area contributed by atoms with Gasteiger partial charge in [0.2, 0.25) is 27.6 Å². The van der Waals surface area contributed by atoms with Gasteiger partial charge in [0, 0.05) is 31.7 Å². The molecule has 174 valence electrons. The fourth-order valence-corrected chi connectivity index (χ4v) is 5.01. The molecule has 1 saturated heterocycles. The number of sulfonamides is 1. The highest BCUT2D eigenvalue weighted by Gasteiger charge is 2.28. The number of aromatic nitrogens is 2. The Morgan fingerprint density at radius 1 is 1.06 bits per heavy atom. The molecule has 1 aromatic heterocycles. The van der Waals surface area contributed by atoms with Crippen molar-refractivity contribution in [3.05, 3.63) is 66.1 Å². The smallest absolute Gasteiger partial charge is 0.241 e. The molecule has 0 saturated carbocycles. The number of carbonyl (C=O) groups is 1. The summed E-state index contributed by atoms with van der Waals surface area (Å²) in [6.07, 6.45) is 0. The van der Waals surface area contributed by atoms with Gasteiger partial charge in [-0.2, -0.15) is 9.71 Å². The maximum atomic E-state index is 12.8. The third kappa shape index (κ3) is 5.47. The van der Waals surface area contributed by atoms with Crippen molar-refractivity contribution >= 4 is 15.9 Å². The maximum absolute atomic E-state index is 12.8. The number of rotatable bonds is 7. The van der Waals surface area contributed by atoms with Crippen LogP contribution < -0.4 is 4.72 Å². The molecule has 9 nitrogen and oxygen atoms in total. The molecule has 10 heteroatoms. The fourth-order valence-electron chi connectivity index (χ4n) is 3.79. The summed E-state index contributed by atoms with van der Waals surface area (Å²) in [6.45, 7) is 6.32. The molecular weight excluding hydrogens is 442 g/mol. The van der Waals surface area contributed by atoms with Gasteiger partial charge in [-0.05, 0) is 31.5 Å². The molecule has 2 heterocycles. The number of amides is 1. The summed E-state index contributed by atoms with van der Waals surface area (Å²) in [5.41, 5.74) is 2.02. The van der Waals surface area contributed by atoms with Crippen LogP contribution in [-0.2, 0) is 21.4 Å². The van der Waals surface area contributed by atoms with Crippen LogP contribution in [0.5, 0.6) is 0 Å². The van der Waals surface area contributed by atoms with Crippen molar-refractivity contribution in [1.29, 1.82) is 0 Å². The highest BCUT2D eigenvalue weighted by molar-refractivity contribution is 7.89. The topological polar surface area (TPSA) is 109 Å². The van der Waals surface area contributed by atoms with E-state index < -0.39 is 16.1 Å².